The van der Waals surface area contributed by atoms with E-state index in [1.165, 1.54) is 0 Å². The molecule has 12 nitrogen and oxygen atoms in total. The molecule has 13 heterocycles. The fourth-order valence-electron chi connectivity index (χ4n) is 27.0. The predicted octanol–water partition coefficient (Wildman–Crippen LogP) is 11.8. The van der Waals surface area contributed by atoms with Crippen molar-refractivity contribution in [3.63, 3.8) is 0 Å². The van der Waals surface area contributed by atoms with Crippen LogP contribution in [0.4, 0.5) is 0 Å². The van der Waals surface area contributed by atoms with Gasteiger partial charge in [-0.1, -0.05) is 62.3 Å². The minimum atomic E-state index is -0.505. The highest BCUT2D eigenvalue weighted by Crippen LogP contribution is 2.72. The number of ether oxygens (including phenoxy) is 3. The molecule has 25 fully saturated rings. The number of aliphatic hydroxyl groups excluding tert-OH is 6. The van der Waals surface area contributed by atoms with E-state index in [0.29, 0.717) is 77.0 Å². The Balaban J connectivity index is 0.723. The van der Waals surface area contributed by atoms with Gasteiger partial charge in [-0.25, -0.2) is 0 Å². The second kappa shape index (κ2) is 21.9. The summed E-state index contributed by atoms with van der Waals surface area (Å²) in [4.78, 5) is 41.7. The van der Waals surface area contributed by atoms with E-state index < -0.39 is 36.6 Å². The normalized spacial score (nSPS) is 58.6. The van der Waals surface area contributed by atoms with Crippen molar-refractivity contribution in [1.82, 2.24) is 0 Å². The van der Waals surface area contributed by atoms with Crippen LogP contribution in [0.1, 0.15) is 236 Å². The Morgan fingerprint density at radius 2 is 0.571 bits per heavy atom. The lowest BCUT2D eigenvalue weighted by molar-refractivity contribution is -0.210. The van der Waals surface area contributed by atoms with Gasteiger partial charge in [0.25, 0.3) is 0 Å². The summed E-state index contributed by atoms with van der Waals surface area (Å²) in [6, 6.07) is 0. The van der Waals surface area contributed by atoms with Crippen molar-refractivity contribution >= 4 is 17.9 Å². The largest absolute Gasteiger partial charge is 0.462 e. The van der Waals surface area contributed by atoms with E-state index in [2.05, 4.69) is 62.3 Å². The Labute approximate surface area is 504 Å². The van der Waals surface area contributed by atoms with Gasteiger partial charge in [-0.15, -0.1) is 0 Å². The van der Waals surface area contributed by atoms with Gasteiger partial charge in [-0.05, 0) is 293 Å². The zero-order valence-electron chi connectivity index (χ0n) is 53.3. The molecule has 24 bridgehead atoms. The number of fused-ring (bicyclic) bond motifs is 1. The van der Waals surface area contributed by atoms with E-state index in [-0.39, 0.29) is 175 Å². The van der Waals surface area contributed by atoms with Crippen LogP contribution >= 0.6 is 0 Å². The number of hydrogen-bond donors (Lipinski definition) is 6. The molecule has 25 rings (SSSR count). The van der Waals surface area contributed by atoms with Crippen LogP contribution < -0.4 is 0 Å². The molecular weight excluding hydrogens is 1060 g/mol. The summed E-state index contributed by atoms with van der Waals surface area (Å²) in [5.41, 5.74) is -1.28. The fraction of sp³-hybridized carbons (Fsp3) is 0.958. The average molecular weight is 1170 g/mol. The monoisotopic (exact) mass is 1170 g/mol. The van der Waals surface area contributed by atoms with Crippen molar-refractivity contribution in [2.45, 2.75) is 291 Å². The number of hydrogen-bond acceptors (Lipinski definition) is 12. The molecule has 84 heavy (non-hydrogen) atoms. The number of rotatable bonds is 0. The van der Waals surface area contributed by atoms with Crippen molar-refractivity contribution < 1.29 is 59.2 Å². The van der Waals surface area contributed by atoms with Crippen LogP contribution in [0.25, 0.3) is 0 Å². The van der Waals surface area contributed by atoms with Crippen molar-refractivity contribution in [3.8, 4) is 0 Å². The number of carbonyl (C=O) groups is 3. The van der Waals surface area contributed by atoms with Gasteiger partial charge in [0.1, 0.15) is 18.3 Å². The summed E-state index contributed by atoms with van der Waals surface area (Å²) in [6.07, 6.45) is 16.8. The third kappa shape index (κ3) is 9.32. The molecule has 25 aliphatic rings. The van der Waals surface area contributed by atoms with Crippen molar-refractivity contribution in [2.24, 2.45) is 139 Å². The smallest absolute Gasteiger partial charge is 0.306 e. The molecule has 0 amide bonds. The summed E-state index contributed by atoms with van der Waals surface area (Å²) in [7, 11) is 0. The quantitative estimate of drug-likeness (QED) is 0.0992. The lowest BCUT2D eigenvalue weighted by Crippen LogP contribution is -2.62. The lowest BCUT2D eigenvalue weighted by Gasteiger charge is -2.63. The molecular formula is C72H114O12. The molecule has 13 saturated heterocycles. The second-order valence-corrected chi connectivity index (χ2v) is 34.5. The maximum Gasteiger partial charge on any atom is 0.306 e. The van der Waals surface area contributed by atoms with Gasteiger partial charge in [0.05, 0.1) is 36.6 Å². The molecule has 12 saturated carbocycles. The second-order valence-electron chi connectivity index (χ2n) is 34.5. The first kappa shape index (κ1) is 61.0. The molecule has 0 radical (unpaired) electrons. The van der Waals surface area contributed by atoms with Gasteiger partial charge < -0.3 is 44.8 Å². The number of aliphatic hydroxyl groups is 6. The molecule has 12 heteroatoms. The van der Waals surface area contributed by atoms with Crippen molar-refractivity contribution in [1.29, 1.82) is 0 Å². The SMILES string of the molecule is C[C@@H]1CCC(=O)O[C@@H]2CC[C@@]3(C)[C@@H](C2)C[C@@H](O)[C@@H]2[C@@H]3C[C@@H](O)[C@]3(C)[C@H](CC[C@@H]23)[C@@H](C)CCC(=O)O[C@@H]2CC[C@@]3(C)[C@@H](C2)C[C@@H](O)[C@@H]2[C@@H]3C[C@@H](O)[C@]3(C)[C@H](CC[C@@H]23)[C@@H](C)CCC(=O)O[C@@H]2CC[C@@]3(C)[C@@H](C2)C[C@@H](O)[C@@H]2[C@@H]3C[C@H](O)[C@]3(C)[C@@H]1CC[C@@H]23. The van der Waals surface area contributed by atoms with Crippen LogP contribution in [-0.4, -0.2) is 103 Å². The Kier molecular flexibility index (Phi) is 16.0. The number of carbonyl (C=O) groups excluding carboxylic acids is 3. The predicted molar refractivity (Wildman–Crippen MR) is 319 cm³/mol. The van der Waals surface area contributed by atoms with Gasteiger partial charge in [0, 0.05) is 19.3 Å². The molecule has 0 spiro atoms. The highest BCUT2D eigenvalue weighted by atomic mass is 16.6. The van der Waals surface area contributed by atoms with E-state index in [4.69, 9.17) is 14.2 Å². The van der Waals surface area contributed by atoms with Gasteiger partial charge in [0.2, 0.25) is 0 Å². The van der Waals surface area contributed by atoms with Gasteiger partial charge in [-0.2, -0.15) is 0 Å². The van der Waals surface area contributed by atoms with Crippen molar-refractivity contribution in [2.75, 3.05) is 0 Å². The fourth-order valence-corrected chi connectivity index (χ4v) is 27.0. The Hall–Kier alpha value is -1.83. The Morgan fingerprint density at radius 3 is 0.833 bits per heavy atom. The molecule has 0 unspecified atom stereocenters. The highest BCUT2D eigenvalue weighted by Gasteiger charge is 2.70. The summed E-state index contributed by atoms with van der Waals surface area (Å²) < 4.78 is 19.1. The van der Waals surface area contributed by atoms with Crippen LogP contribution in [0.5, 0.6) is 0 Å². The third-order valence-electron chi connectivity index (χ3n) is 31.8. The average Bonchev–Trinajstić information content (AvgIpc) is 1.71. The minimum Gasteiger partial charge on any atom is -0.462 e. The summed E-state index contributed by atoms with van der Waals surface area (Å²) in [5.74, 6) is 2.87. The van der Waals surface area contributed by atoms with Crippen LogP contribution in [0.15, 0.2) is 0 Å². The maximum atomic E-state index is 13.9. The highest BCUT2D eigenvalue weighted by molar-refractivity contribution is 5.70. The molecule has 0 aromatic rings. The van der Waals surface area contributed by atoms with Gasteiger partial charge >= 0.3 is 17.9 Å². The van der Waals surface area contributed by atoms with Crippen LogP contribution in [0.3, 0.4) is 0 Å². The lowest BCUT2D eigenvalue weighted by atomic mass is 9.43. The van der Waals surface area contributed by atoms with Crippen LogP contribution in [0, 0.1) is 139 Å². The molecule has 0 aromatic carbocycles. The minimum absolute atomic E-state index is 0.0682. The topological polar surface area (TPSA) is 200 Å². The first-order chi connectivity index (χ1) is 39.7. The zero-order chi connectivity index (χ0) is 59.5. The molecule has 13 aliphatic heterocycles. The zero-order valence-corrected chi connectivity index (χ0v) is 53.3. The van der Waals surface area contributed by atoms with Crippen LogP contribution in [0.2, 0.25) is 0 Å². The van der Waals surface area contributed by atoms with E-state index >= 15 is 0 Å². The van der Waals surface area contributed by atoms with E-state index in [0.717, 1.165) is 96.3 Å². The van der Waals surface area contributed by atoms with E-state index in [1.54, 1.807) is 0 Å². The van der Waals surface area contributed by atoms with Crippen molar-refractivity contribution in [3.05, 3.63) is 0 Å². The first-order valence-corrected chi connectivity index (χ1v) is 35.4. The van der Waals surface area contributed by atoms with Gasteiger partial charge in [0.15, 0.2) is 0 Å². The summed E-state index contributed by atoms with van der Waals surface area (Å²) in [6.45, 7) is 20.9. The molecule has 33 atom stereocenters. The third-order valence-corrected chi connectivity index (χ3v) is 31.8. The Morgan fingerprint density at radius 1 is 0.321 bits per heavy atom. The Bertz CT molecular complexity index is 2210. The number of esters is 3. The van der Waals surface area contributed by atoms with Gasteiger partial charge in [-0.3, -0.25) is 14.4 Å². The van der Waals surface area contributed by atoms with Crippen LogP contribution in [-0.2, 0) is 28.6 Å². The standard InChI is InChI=1S/C72H114O12/c1-37-10-19-61(79)82-43-22-25-68(5)40(28-43)32-56(74)65-50-17-14-47(71(50,8)59(77)35-53(65)68)39(3)12-21-63(81)84-45-24-27-69(6)42(30-45)33-57(75)66-51-18-15-48(72(51,9)60(78)36-54(66)69)38(2)11-20-62(80)83-44-23-26-67(4)41(29-44)31-55(73)64-49-16-13-46(37)70(49,7)58(76)34-52(64)67/h37-60,64-66,73-78H,10-36H2,1-9H3/t37-,38-,39+,40-,41-,42-,43+,44+,45+,46+,47+,48+,49-,50-,51-,52-,53-,54-,55+,56+,57+,58+,59-,60+,64-,65-,66-,67-,68-,69-,70+,71+,72+/m0/s1. The summed E-state index contributed by atoms with van der Waals surface area (Å²) >= 11 is 0. The molecule has 6 N–H and O–H groups in total. The maximum absolute atomic E-state index is 13.9. The first-order valence-electron chi connectivity index (χ1n) is 35.4. The van der Waals surface area contributed by atoms with E-state index in [1.807, 2.05) is 0 Å². The van der Waals surface area contributed by atoms with E-state index in [9.17, 15) is 45.0 Å². The molecule has 474 valence electrons. The molecule has 0 aromatic heterocycles. The molecule has 12 aliphatic carbocycles. The summed E-state index contributed by atoms with van der Waals surface area (Å²) in [5, 5.41) is 74.4.